The highest BCUT2D eigenvalue weighted by Crippen LogP contribution is 2.37. The minimum Gasteiger partial charge on any atom is -0.303 e. The van der Waals surface area contributed by atoms with Gasteiger partial charge in [0.15, 0.2) is 0 Å². The Bertz CT molecular complexity index is 295. The molecule has 18 heavy (non-hydrogen) atoms. The standard InChI is InChI=1S/C15H29N3/c1-12(2)13(3)18(5)10-8-14-7-6-9-15(14,11-16)17-4/h12-14,17H,6-10H2,1-5H3. The molecule has 0 radical (unpaired) electrons. The first-order valence-electron chi connectivity index (χ1n) is 7.27. The van der Waals surface area contributed by atoms with Crippen LogP contribution < -0.4 is 5.32 Å². The number of nitriles is 1. The lowest BCUT2D eigenvalue weighted by Gasteiger charge is -2.32. The van der Waals surface area contributed by atoms with Crippen LogP contribution in [0, 0.1) is 23.2 Å². The average molecular weight is 251 g/mol. The molecule has 1 aliphatic carbocycles. The van der Waals surface area contributed by atoms with Crippen molar-refractivity contribution in [3.8, 4) is 6.07 Å². The first kappa shape index (κ1) is 15.5. The van der Waals surface area contributed by atoms with E-state index in [1.807, 2.05) is 7.05 Å². The summed E-state index contributed by atoms with van der Waals surface area (Å²) in [6.45, 7) is 7.91. The fraction of sp³-hybridized carbons (Fsp3) is 0.933. The van der Waals surface area contributed by atoms with Crippen LogP contribution >= 0.6 is 0 Å². The Balaban J connectivity index is 2.51. The van der Waals surface area contributed by atoms with Gasteiger partial charge >= 0.3 is 0 Å². The summed E-state index contributed by atoms with van der Waals surface area (Å²) in [6, 6.07) is 3.13. The summed E-state index contributed by atoms with van der Waals surface area (Å²) < 4.78 is 0. The zero-order chi connectivity index (χ0) is 13.8. The van der Waals surface area contributed by atoms with Gasteiger partial charge in [-0.2, -0.15) is 5.26 Å². The second kappa shape index (κ2) is 6.54. The molecule has 0 amide bonds. The fourth-order valence-corrected chi connectivity index (χ4v) is 3.07. The number of nitrogens with one attached hydrogen (secondary N) is 1. The molecule has 0 aromatic carbocycles. The zero-order valence-electron chi connectivity index (χ0n) is 12.7. The van der Waals surface area contributed by atoms with Crippen LogP contribution in [-0.4, -0.2) is 37.1 Å². The number of hydrogen-bond acceptors (Lipinski definition) is 3. The van der Waals surface area contributed by atoms with E-state index >= 15 is 0 Å². The van der Waals surface area contributed by atoms with E-state index in [9.17, 15) is 5.26 Å². The minimum atomic E-state index is -0.262. The topological polar surface area (TPSA) is 39.1 Å². The van der Waals surface area contributed by atoms with E-state index in [2.05, 4.69) is 44.1 Å². The average Bonchev–Trinajstić information content (AvgIpc) is 2.78. The Morgan fingerprint density at radius 2 is 2.11 bits per heavy atom. The molecule has 3 nitrogen and oxygen atoms in total. The van der Waals surface area contributed by atoms with Crippen molar-refractivity contribution in [3.05, 3.63) is 0 Å². The second-order valence-electron chi connectivity index (χ2n) is 6.18. The predicted molar refractivity (Wildman–Crippen MR) is 76.3 cm³/mol. The Labute approximate surface area is 113 Å². The highest BCUT2D eigenvalue weighted by Gasteiger charge is 2.41. The van der Waals surface area contributed by atoms with E-state index in [0.29, 0.717) is 17.9 Å². The minimum absolute atomic E-state index is 0.262. The van der Waals surface area contributed by atoms with Gasteiger partial charge in [0.1, 0.15) is 5.54 Å². The molecule has 0 spiro atoms. The molecule has 1 rings (SSSR count). The van der Waals surface area contributed by atoms with Gasteiger partial charge in [-0.05, 0) is 58.7 Å². The largest absolute Gasteiger partial charge is 0.303 e. The van der Waals surface area contributed by atoms with Crippen LogP contribution in [0.4, 0.5) is 0 Å². The van der Waals surface area contributed by atoms with Crippen molar-refractivity contribution in [2.75, 3.05) is 20.6 Å². The van der Waals surface area contributed by atoms with Crippen molar-refractivity contribution in [2.24, 2.45) is 11.8 Å². The maximum Gasteiger partial charge on any atom is 0.109 e. The van der Waals surface area contributed by atoms with Crippen molar-refractivity contribution < 1.29 is 0 Å². The zero-order valence-corrected chi connectivity index (χ0v) is 12.7. The normalized spacial score (nSPS) is 29.8. The molecule has 3 atom stereocenters. The SMILES string of the molecule is CNC1(C#N)CCCC1CCN(C)C(C)C(C)C. The summed E-state index contributed by atoms with van der Waals surface area (Å²) in [7, 11) is 4.13. The molecule has 3 heteroatoms. The Morgan fingerprint density at radius 1 is 1.44 bits per heavy atom. The lowest BCUT2D eigenvalue weighted by molar-refractivity contribution is 0.183. The number of rotatable bonds is 6. The van der Waals surface area contributed by atoms with E-state index in [0.717, 1.165) is 19.4 Å². The van der Waals surface area contributed by atoms with E-state index in [1.165, 1.54) is 12.8 Å². The molecule has 0 aromatic rings. The summed E-state index contributed by atoms with van der Waals surface area (Å²) in [5.74, 6) is 1.19. The van der Waals surface area contributed by atoms with Crippen LogP contribution in [0.3, 0.4) is 0 Å². The Morgan fingerprint density at radius 3 is 2.61 bits per heavy atom. The monoisotopic (exact) mass is 251 g/mol. The van der Waals surface area contributed by atoms with Crippen molar-refractivity contribution in [2.45, 2.75) is 58.0 Å². The maximum absolute atomic E-state index is 9.42. The van der Waals surface area contributed by atoms with Crippen LogP contribution in [0.2, 0.25) is 0 Å². The molecule has 0 aliphatic heterocycles. The molecule has 0 saturated heterocycles. The third kappa shape index (κ3) is 3.24. The van der Waals surface area contributed by atoms with Gasteiger partial charge < -0.3 is 10.2 Å². The first-order chi connectivity index (χ1) is 8.46. The molecule has 3 unspecified atom stereocenters. The van der Waals surface area contributed by atoms with Crippen LogP contribution in [0.25, 0.3) is 0 Å². The molecular formula is C15H29N3. The summed E-state index contributed by atoms with van der Waals surface area (Å²) in [5.41, 5.74) is -0.262. The van der Waals surface area contributed by atoms with Crippen LogP contribution in [0.5, 0.6) is 0 Å². The maximum atomic E-state index is 9.42. The molecule has 0 aromatic heterocycles. The third-order valence-corrected chi connectivity index (χ3v) is 4.96. The van der Waals surface area contributed by atoms with Crippen molar-refractivity contribution >= 4 is 0 Å². The fourth-order valence-electron chi connectivity index (χ4n) is 3.07. The van der Waals surface area contributed by atoms with Crippen LogP contribution in [-0.2, 0) is 0 Å². The van der Waals surface area contributed by atoms with Gasteiger partial charge in [-0.25, -0.2) is 0 Å². The van der Waals surface area contributed by atoms with Gasteiger partial charge in [0.05, 0.1) is 6.07 Å². The highest BCUT2D eigenvalue weighted by atomic mass is 15.1. The van der Waals surface area contributed by atoms with E-state index in [-0.39, 0.29) is 5.54 Å². The predicted octanol–water partition coefficient (Wildman–Crippen LogP) is 2.63. The molecule has 1 fully saturated rings. The lowest BCUT2D eigenvalue weighted by atomic mass is 9.86. The van der Waals surface area contributed by atoms with Crippen molar-refractivity contribution in [1.29, 1.82) is 5.26 Å². The lowest BCUT2D eigenvalue weighted by Crippen LogP contribution is -2.46. The third-order valence-electron chi connectivity index (χ3n) is 4.96. The molecule has 1 aliphatic rings. The smallest absolute Gasteiger partial charge is 0.109 e. The molecule has 1 N–H and O–H groups in total. The van der Waals surface area contributed by atoms with Gasteiger partial charge in [0, 0.05) is 6.04 Å². The molecular weight excluding hydrogens is 222 g/mol. The summed E-state index contributed by atoms with van der Waals surface area (Å²) in [5, 5.41) is 12.7. The van der Waals surface area contributed by atoms with Gasteiger partial charge in [-0.3, -0.25) is 0 Å². The summed E-state index contributed by atoms with van der Waals surface area (Å²) in [6.07, 6.45) is 4.51. The van der Waals surface area contributed by atoms with Crippen LogP contribution in [0.1, 0.15) is 46.5 Å². The highest BCUT2D eigenvalue weighted by molar-refractivity contribution is 5.13. The first-order valence-corrected chi connectivity index (χ1v) is 7.27. The van der Waals surface area contributed by atoms with Crippen LogP contribution in [0.15, 0.2) is 0 Å². The molecule has 104 valence electrons. The summed E-state index contributed by atoms with van der Waals surface area (Å²) >= 11 is 0. The van der Waals surface area contributed by atoms with Gasteiger partial charge in [0.2, 0.25) is 0 Å². The van der Waals surface area contributed by atoms with E-state index in [4.69, 9.17) is 0 Å². The Hall–Kier alpha value is -0.590. The molecule has 0 heterocycles. The quantitative estimate of drug-likeness (QED) is 0.789. The summed E-state index contributed by atoms with van der Waals surface area (Å²) in [4.78, 5) is 2.43. The van der Waals surface area contributed by atoms with Crippen molar-refractivity contribution in [3.63, 3.8) is 0 Å². The van der Waals surface area contributed by atoms with E-state index < -0.39 is 0 Å². The Kier molecular flexibility index (Phi) is 5.62. The van der Waals surface area contributed by atoms with Gasteiger partial charge in [-0.15, -0.1) is 0 Å². The van der Waals surface area contributed by atoms with Gasteiger partial charge in [0.25, 0.3) is 0 Å². The van der Waals surface area contributed by atoms with Crippen molar-refractivity contribution in [1.82, 2.24) is 10.2 Å². The second-order valence-corrected chi connectivity index (χ2v) is 6.18. The number of hydrogen-bond donors (Lipinski definition) is 1. The molecule has 1 saturated carbocycles. The molecule has 0 bridgehead atoms. The van der Waals surface area contributed by atoms with E-state index in [1.54, 1.807) is 0 Å². The van der Waals surface area contributed by atoms with Gasteiger partial charge in [-0.1, -0.05) is 20.3 Å². The number of nitrogens with zero attached hydrogens (tertiary/aromatic N) is 2.